The Hall–Kier alpha value is -1.07. The van der Waals surface area contributed by atoms with Crippen LogP contribution < -0.4 is 10.0 Å². The SMILES string of the molecule is CCC(CC1CC1)NS(=O)(=O)c1ccc2c(c1)CCCN2. The summed E-state index contributed by atoms with van der Waals surface area (Å²) < 4.78 is 28.0. The van der Waals surface area contributed by atoms with E-state index in [0.717, 1.165) is 49.4 Å². The van der Waals surface area contributed by atoms with Gasteiger partial charge in [0, 0.05) is 18.3 Å². The minimum Gasteiger partial charge on any atom is -0.385 e. The fourth-order valence-corrected chi connectivity index (χ4v) is 4.34. The van der Waals surface area contributed by atoms with Crippen molar-refractivity contribution in [3.05, 3.63) is 23.8 Å². The summed E-state index contributed by atoms with van der Waals surface area (Å²) in [6, 6.07) is 5.50. The first-order valence-corrected chi connectivity index (χ1v) is 9.46. The zero-order valence-electron chi connectivity index (χ0n) is 12.6. The van der Waals surface area contributed by atoms with Crippen molar-refractivity contribution < 1.29 is 8.42 Å². The van der Waals surface area contributed by atoms with Gasteiger partial charge < -0.3 is 5.32 Å². The molecule has 0 aromatic heterocycles. The zero-order chi connectivity index (χ0) is 14.9. The molecule has 1 fully saturated rings. The highest BCUT2D eigenvalue weighted by Crippen LogP contribution is 2.34. The van der Waals surface area contributed by atoms with Gasteiger partial charge in [0.05, 0.1) is 4.90 Å². The second-order valence-electron chi connectivity index (χ2n) is 6.25. The molecule has 1 aliphatic carbocycles. The molecule has 21 heavy (non-hydrogen) atoms. The molecule has 1 aromatic rings. The van der Waals surface area contributed by atoms with E-state index in [9.17, 15) is 8.42 Å². The summed E-state index contributed by atoms with van der Waals surface area (Å²) >= 11 is 0. The van der Waals surface area contributed by atoms with Crippen LogP contribution in [-0.2, 0) is 16.4 Å². The molecule has 3 rings (SSSR count). The van der Waals surface area contributed by atoms with Crippen LogP contribution in [-0.4, -0.2) is 21.0 Å². The lowest BCUT2D eigenvalue weighted by atomic mass is 10.0. The summed E-state index contributed by atoms with van der Waals surface area (Å²) in [5.41, 5.74) is 2.18. The summed E-state index contributed by atoms with van der Waals surface area (Å²) in [4.78, 5) is 0.402. The lowest BCUT2D eigenvalue weighted by Crippen LogP contribution is -2.34. The predicted molar refractivity (Wildman–Crippen MR) is 85.0 cm³/mol. The molecule has 5 heteroatoms. The molecular weight excluding hydrogens is 284 g/mol. The Morgan fingerprint density at radius 3 is 2.90 bits per heavy atom. The summed E-state index contributed by atoms with van der Waals surface area (Å²) in [7, 11) is -3.40. The predicted octanol–water partition coefficient (Wildman–Crippen LogP) is 2.90. The Labute approximate surface area is 127 Å². The maximum Gasteiger partial charge on any atom is 0.240 e. The molecule has 4 nitrogen and oxygen atoms in total. The lowest BCUT2D eigenvalue weighted by molar-refractivity contribution is 0.495. The van der Waals surface area contributed by atoms with Crippen molar-refractivity contribution in [2.75, 3.05) is 11.9 Å². The Balaban J connectivity index is 1.76. The molecule has 1 heterocycles. The van der Waals surface area contributed by atoms with E-state index in [2.05, 4.69) is 10.0 Å². The van der Waals surface area contributed by atoms with E-state index in [-0.39, 0.29) is 6.04 Å². The van der Waals surface area contributed by atoms with Crippen molar-refractivity contribution in [3.63, 3.8) is 0 Å². The Morgan fingerprint density at radius 2 is 2.19 bits per heavy atom. The van der Waals surface area contributed by atoms with Crippen LogP contribution in [0, 0.1) is 5.92 Å². The van der Waals surface area contributed by atoms with Crippen molar-refractivity contribution in [1.29, 1.82) is 0 Å². The molecule has 0 spiro atoms. The number of sulfonamides is 1. The van der Waals surface area contributed by atoms with E-state index in [1.165, 1.54) is 12.8 Å². The monoisotopic (exact) mass is 308 g/mol. The summed E-state index contributed by atoms with van der Waals surface area (Å²) in [5, 5.41) is 3.31. The highest BCUT2D eigenvalue weighted by molar-refractivity contribution is 7.89. The van der Waals surface area contributed by atoms with Crippen LogP contribution in [0.5, 0.6) is 0 Å². The van der Waals surface area contributed by atoms with Gasteiger partial charge in [0.2, 0.25) is 10.0 Å². The summed E-state index contributed by atoms with van der Waals surface area (Å²) in [6.45, 7) is 3.02. The van der Waals surface area contributed by atoms with Gasteiger partial charge in [0.25, 0.3) is 0 Å². The van der Waals surface area contributed by atoms with Crippen molar-refractivity contribution in [1.82, 2.24) is 4.72 Å². The molecule has 0 saturated heterocycles. The Bertz CT molecular complexity index is 609. The number of anilines is 1. The first kappa shape index (κ1) is 14.9. The number of aryl methyl sites for hydroxylation is 1. The van der Waals surface area contributed by atoms with E-state index in [1.807, 2.05) is 19.1 Å². The van der Waals surface area contributed by atoms with Gasteiger partial charge in [-0.1, -0.05) is 19.8 Å². The van der Waals surface area contributed by atoms with Gasteiger partial charge in [0.1, 0.15) is 0 Å². The highest BCUT2D eigenvalue weighted by atomic mass is 32.2. The minimum absolute atomic E-state index is 0.0663. The first-order chi connectivity index (χ1) is 10.1. The quantitative estimate of drug-likeness (QED) is 0.849. The van der Waals surface area contributed by atoms with Crippen molar-refractivity contribution in [3.8, 4) is 0 Å². The van der Waals surface area contributed by atoms with Crippen LogP contribution in [0.3, 0.4) is 0 Å². The van der Waals surface area contributed by atoms with Gasteiger partial charge in [-0.05, 0) is 55.4 Å². The third-order valence-electron chi connectivity index (χ3n) is 4.45. The number of hydrogen-bond donors (Lipinski definition) is 2. The number of hydrogen-bond acceptors (Lipinski definition) is 3. The molecule has 1 unspecified atom stereocenters. The van der Waals surface area contributed by atoms with Crippen LogP contribution in [0.4, 0.5) is 5.69 Å². The van der Waals surface area contributed by atoms with E-state index in [1.54, 1.807) is 6.07 Å². The van der Waals surface area contributed by atoms with Gasteiger partial charge in [0.15, 0.2) is 0 Å². The standard InChI is InChI=1S/C16H24N2O2S/c1-2-14(10-12-5-6-12)18-21(19,20)15-7-8-16-13(11-15)4-3-9-17-16/h7-8,11-12,14,17-18H,2-6,9-10H2,1H3. The highest BCUT2D eigenvalue weighted by Gasteiger charge is 2.28. The van der Waals surface area contributed by atoms with E-state index in [4.69, 9.17) is 0 Å². The molecule has 1 aliphatic heterocycles. The second kappa shape index (κ2) is 5.97. The third kappa shape index (κ3) is 3.58. The minimum atomic E-state index is -3.40. The molecule has 1 aromatic carbocycles. The van der Waals surface area contributed by atoms with Crippen LogP contribution in [0.25, 0.3) is 0 Å². The Kier molecular flexibility index (Phi) is 4.22. The van der Waals surface area contributed by atoms with Gasteiger partial charge >= 0.3 is 0 Å². The fraction of sp³-hybridized carbons (Fsp3) is 0.625. The van der Waals surface area contributed by atoms with Crippen molar-refractivity contribution in [2.45, 2.75) is 56.4 Å². The van der Waals surface area contributed by atoms with E-state index < -0.39 is 10.0 Å². The van der Waals surface area contributed by atoms with Gasteiger partial charge in [-0.3, -0.25) is 0 Å². The maximum absolute atomic E-state index is 12.6. The molecule has 116 valence electrons. The molecule has 2 N–H and O–H groups in total. The number of benzene rings is 1. The lowest BCUT2D eigenvalue weighted by Gasteiger charge is -2.20. The summed E-state index contributed by atoms with van der Waals surface area (Å²) in [5.74, 6) is 0.727. The number of fused-ring (bicyclic) bond motifs is 1. The van der Waals surface area contributed by atoms with Gasteiger partial charge in [-0.2, -0.15) is 0 Å². The van der Waals surface area contributed by atoms with Crippen LogP contribution in [0.2, 0.25) is 0 Å². The first-order valence-electron chi connectivity index (χ1n) is 7.97. The molecule has 1 saturated carbocycles. The maximum atomic E-state index is 12.6. The zero-order valence-corrected chi connectivity index (χ0v) is 13.4. The second-order valence-corrected chi connectivity index (χ2v) is 7.97. The average Bonchev–Trinajstić information content (AvgIpc) is 3.29. The summed E-state index contributed by atoms with van der Waals surface area (Å²) in [6.07, 6.45) is 6.34. The van der Waals surface area contributed by atoms with E-state index in [0.29, 0.717) is 4.90 Å². The third-order valence-corrected chi connectivity index (χ3v) is 5.97. The number of rotatable bonds is 6. The smallest absolute Gasteiger partial charge is 0.240 e. The van der Waals surface area contributed by atoms with Crippen LogP contribution >= 0.6 is 0 Å². The van der Waals surface area contributed by atoms with Crippen LogP contribution in [0.1, 0.15) is 44.6 Å². The number of nitrogens with one attached hydrogen (secondary N) is 2. The average molecular weight is 308 g/mol. The topological polar surface area (TPSA) is 58.2 Å². The molecule has 0 radical (unpaired) electrons. The molecule has 0 bridgehead atoms. The largest absolute Gasteiger partial charge is 0.385 e. The molecule has 2 aliphatic rings. The molecule has 0 amide bonds. The molecule has 1 atom stereocenters. The van der Waals surface area contributed by atoms with Gasteiger partial charge in [-0.15, -0.1) is 0 Å². The van der Waals surface area contributed by atoms with Crippen LogP contribution in [0.15, 0.2) is 23.1 Å². The van der Waals surface area contributed by atoms with Crippen molar-refractivity contribution in [2.24, 2.45) is 5.92 Å². The fourth-order valence-electron chi connectivity index (χ4n) is 2.96. The van der Waals surface area contributed by atoms with Crippen molar-refractivity contribution >= 4 is 15.7 Å². The Morgan fingerprint density at radius 1 is 1.38 bits per heavy atom. The van der Waals surface area contributed by atoms with E-state index >= 15 is 0 Å². The van der Waals surface area contributed by atoms with Gasteiger partial charge in [-0.25, -0.2) is 13.1 Å². The normalized spacial score (nSPS) is 19.7. The molecular formula is C16H24N2O2S.